The number of carbonyl (C=O) groups is 2. The first-order valence-corrected chi connectivity index (χ1v) is 13.6. The van der Waals surface area contributed by atoms with Crippen LogP contribution in [0.3, 0.4) is 0 Å². The maximum absolute atomic E-state index is 12.7. The zero-order valence-electron chi connectivity index (χ0n) is 21.9. The molecular weight excluding hydrogens is 496 g/mol. The van der Waals surface area contributed by atoms with Crippen molar-refractivity contribution in [3.8, 4) is 16.2 Å². The predicted molar refractivity (Wildman–Crippen MR) is 151 cm³/mol. The van der Waals surface area contributed by atoms with Crippen LogP contribution in [0, 0.1) is 6.92 Å². The molecule has 0 unspecified atom stereocenters. The lowest BCUT2D eigenvalue weighted by molar-refractivity contribution is -0.156. The van der Waals surface area contributed by atoms with Gasteiger partial charge in [0.2, 0.25) is 0 Å². The molecule has 1 heterocycles. The summed E-state index contributed by atoms with van der Waals surface area (Å²) in [5, 5.41) is 0. The van der Waals surface area contributed by atoms with Crippen LogP contribution in [0.4, 0.5) is 0 Å². The Morgan fingerprint density at radius 2 is 1.53 bits per heavy atom. The van der Waals surface area contributed by atoms with Crippen LogP contribution >= 0.6 is 11.3 Å². The van der Waals surface area contributed by atoms with E-state index in [1.54, 1.807) is 18.3 Å². The van der Waals surface area contributed by atoms with E-state index >= 15 is 0 Å². The number of ether oxygens (including phenoxy) is 3. The van der Waals surface area contributed by atoms with Gasteiger partial charge in [-0.15, -0.1) is 11.3 Å². The second kappa shape index (κ2) is 13.2. The molecule has 0 aliphatic heterocycles. The molecule has 6 heteroatoms. The molecule has 1 atom stereocenters. The highest BCUT2D eigenvalue weighted by Gasteiger charge is 2.20. The molecular formula is C32H32O5S. The highest BCUT2D eigenvalue weighted by Crippen LogP contribution is 2.32. The van der Waals surface area contributed by atoms with E-state index in [-0.39, 0.29) is 11.8 Å². The van der Waals surface area contributed by atoms with Crippen molar-refractivity contribution in [1.82, 2.24) is 0 Å². The number of thiophene rings is 1. The Labute approximate surface area is 228 Å². The number of rotatable bonds is 12. The van der Waals surface area contributed by atoms with Crippen LogP contribution in [0.25, 0.3) is 10.4 Å². The van der Waals surface area contributed by atoms with Gasteiger partial charge in [-0.05, 0) is 55.7 Å². The molecule has 3 aromatic carbocycles. The van der Waals surface area contributed by atoms with Crippen molar-refractivity contribution in [2.45, 2.75) is 39.9 Å². The number of benzene rings is 3. The maximum Gasteiger partial charge on any atom is 0.335 e. The molecule has 0 radical (unpaired) electrons. The monoisotopic (exact) mass is 528 g/mol. The van der Waals surface area contributed by atoms with Crippen molar-refractivity contribution in [2.24, 2.45) is 0 Å². The van der Waals surface area contributed by atoms with Gasteiger partial charge in [0.05, 0.1) is 6.61 Å². The largest absolute Gasteiger partial charge is 0.488 e. The van der Waals surface area contributed by atoms with E-state index in [9.17, 15) is 9.59 Å². The molecule has 0 N–H and O–H groups in total. The van der Waals surface area contributed by atoms with Crippen LogP contribution in [-0.4, -0.2) is 31.1 Å². The molecule has 0 aliphatic carbocycles. The van der Waals surface area contributed by atoms with Gasteiger partial charge in [0.25, 0.3) is 0 Å². The Morgan fingerprint density at radius 1 is 0.842 bits per heavy atom. The van der Waals surface area contributed by atoms with Crippen LogP contribution in [0.15, 0.2) is 84.9 Å². The first-order valence-electron chi connectivity index (χ1n) is 12.8. The van der Waals surface area contributed by atoms with Crippen molar-refractivity contribution >= 4 is 23.1 Å². The molecule has 0 spiro atoms. The summed E-state index contributed by atoms with van der Waals surface area (Å²) in [6.07, 6.45) is -0.153. The standard InChI is InChI=1S/C32H32O5S/c1-4-35-28(32(34)36-5-2)20-23-11-17-27(18-12-23)37-21-30-22(3)19-29(38-30)24-13-15-26(16-14-24)31(33)25-9-7-6-8-10-25/h6-19,28H,4-5,20-21H2,1-3H3/t28-/m0/s1. The average Bonchev–Trinajstić information content (AvgIpc) is 3.33. The van der Waals surface area contributed by atoms with E-state index in [2.05, 4.69) is 13.0 Å². The van der Waals surface area contributed by atoms with Crippen molar-refractivity contribution < 1.29 is 23.8 Å². The molecule has 0 fully saturated rings. The molecule has 4 rings (SSSR count). The summed E-state index contributed by atoms with van der Waals surface area (Å²) < 4.78 is 16.7. The van der Waals surface area contributed by atoms with Crippen molar-refractivity contribution in [2.75, 3.05) is 13.2 Å². The van der Waals surface area contributed by atoms with Gasteiger partial charge in [0.15, 0.2) is 11.9 Å². The van der Waals surface area contributed by atoms with E-state index in [4.69, 9.17) is 14.2 Å². The molecule has 0 bridgehead atoms. The normalized spacial score (nSPS) is 11.7. The Hall–Kier alpha value is -3.74. The summed E-state index contributed by atoms with van der Waals surface area (Å²) in [6, 6.07) is 27.0. The third kappa shape index (κ3) is 6.97. The van der Waals surface area contributed by atoms with Crippen molar-refractivity contribution in [3.63, 3.8) is 0 Å². The summed E-state index contributed by atoms with van der Waals surface area (Å²) >= 11 is 1.69. The third-order valence-corrected chi connectivity index (χ3v) is 7.38. The Morgan fingerprint density at radius 3 is 2.18 bits per heavy atom. The lowest BCUT2D eigenvalue weighted by Gasteiger charge is -2.15. The number of carbonyl (C=O) groups excluding carboxylic acids is 2. The maximum atomic E-state index is 12.7. The van der Waals surface area contributed by atoms with Crippen LogP contribution in [0.5, 0.6) is 5.75 Å². The highest BCUT2D eigenvalue weighted by molar-refractivity contribution is 7.15. The number of hydrogen-bond donors (Lipinski definition) is 0. The van der Waals surface area contributed by atoms with E-state index in [0.717, 1.165) is 26.6 Å². The van der Waals surface area contributed by atoms with E-state index in [1.165, 1.54) is 5.56 Å². The molecule has 0 saturated heterocycles. The quantitative estimate of drug-likeness (QED) is 0.146. The number of aryl methyl sites for hydroxylation is 1. The zero-order chi connectivity index (χ0) is 26.9. The van der Waals surface area contributed by atoms with Crippen LogP contribution in [0.2, 0.25) is 0 Å². The van der Waals surface area contributed by atoms with Gasteiger partial charge in [-0.3, -0.25) is 4.79 Å². The Kier molecular flexibility index (Phi) is 9.46. The van der Waals surface area contributed by atoms with Crippen LogP contribution in [-0.2, 0) is 27.3 Å². The summed E-state index contributed by atoms with van der Waals surface area (Å²) in [5.74, 6) is 0.445. The van der Waals surface area contributed by atoms with Gasteiger partial charge in [-0.1, -0.05) is 66.7 Å². The lowest BCUT2D eigenvalue weighted by atomic mass is 10.0. The molecule has 0 aliphatic rings. The zero-order valence-corrected chi connectivity index (χ0v) is 22.8. The van der Waals surface area contributed by atoms with Crippen LogP contribution in [0.1, 0.15) is 45.8 Å². The van der Waals surface area contributed by atoms with E-state index in [1.807, 2.05) is 85.8 Å². The van der Waals surface area contributed by atoms with Crippen LogP contribution < -0.4 is 4.74 Å². The smallest absolute Gasteiger partial charge is 0.335 e. The molecule has 1 aromatic heterocycles. The number of ketones is 1. The fourth-order valence-electron chi connectivity index (χ4n) is 4.08. The van der Waals surface area contributed by atoms with Crippen molar-refractivity contribution in [3.05, 3.63) is 112 Å². The molecule has 196 valence electrons. The number of esters is 1. The second-order valence-electron chi connectivity index (χ2n) is 8.82. The third-order valence-electron chi connectivity index (χ3n) is 6.12. The van der Waals surface area contributed by atoms with Gasteiger partial charge in [0, 0.05) is 33.9 Å². The topological polar surface area (TPSA) is 61.8 Å². The Balaban J connectivity index is 1.36. The minimum absolute atomic E-state index is 0.0221. The van der Waals surface area contributed by atoms with Gasteiger partial charge < -0.3 is 14.2 Å². The molecule has 38 heavy (non-hydrogen) atoms. The van der Waals surface area contributed by atoms with Gasteiger partial charge in [0.1, 0.15) is 12.4 Å². The van der Waals surface area contributed by atoms with Gasteiger partial charge in [-0.25, -0.2) is 4.79 Å². The molecule has 0 saturated carbocycles. The number of hydrogen-bond acceptors (Lipinski definition) is 6. The Bertz CT molecular complexity index is 1340. The fraction of sp³-hybridized carbons (Fsp3) is 0.250. The molecule has 4 aromatic rings. The summed E-state index contributed by atoms with van der Waals surface area (Å²) in [5.41, 5.74) is 4.58. The van der Waals surface area contributed by atoms with E-state index < -0.39 is 6.10 Å². The summed E-state index contributed by atoms with van der Waals surface area (Å²) in [7, 11) is 0. The fourth-order valence-corrected chi connectivity index (χ4v) is 5.17. The molecule has 0 amide bonds. The van der Waals surface area contributed by atoms with E-state index in [0.29, 0.717) is 37.4 Å². The highest BCUT2D eigenvalue weighted by atomic mass is 32.1. The van der Waals surface area contributed by atoms with Gasteiger partial charge in [-0.2, -0.15) is 0 Å². The lowest BCUT2D eigenvalue weighted by Crippen LogP contribution is -2.28. The SMILES string of the molecule is CCOC(=O)[C@H](Cc1ccc(OCc2sc(-c3ccc(C(=O)c4ccccc4)cc3)cc2C)cc1)OCC. The first-order chi connectivity index (χ1) is 18.5. The van der Waals surface area contributed by atoms with Gasteiger partial charge >= 0.3 is 5.97 Å². The first kappa shape index (κ1) is 27.3. The summed E-state index contributed by atoms with van der Waals surface area (Å²) in [4.78, 5) is 27.1. The van der Waals surface area contributed by atoms with Crippen molar-refractivity contribution in [1.29, 1.82) is 0 Å². The minimum atomic E-state index is -0.607. The minimum Gasteiger partial charge on any atom is -0.488 e. The average molecular weight is 529 g/mol. The summed E-state index contributed by atoms with van der Waals surface area (Å²) in [6.45, 7) is 6.98. The molecule has 5 nitrogen and oxygen atoms in total. The second-order valence-corrected chi connectivity index (χ2v) is 9.96. The predicted octanol–water partition coefficient (Wildman–Crippen LogP) is 7.04.